The number of hydrogen-bond donors (Lipinski definition) is 0. The number of aromatic nitrogens is 1. The van der Waals surface area contributed by atoms with Crippen LogP contribution in [-0.4, -0.2) is 57.8 Å². The van der Waals surface area contributed by atoms with Gasteiger partial charge >= 0.3 is 0 Å². The number of hydrogen-bond acceptors (Lipinski definition) is 7. The molecule has 1 aliphatic carbocycles. The Bertz CT molecular complexity index is 1620. The molecule has 3 aromatic carbocycles. The number of benzene rings is 3. The van der Waals surface area contributed by atoms with Gasteiger partial charge in [-0.2, -0.15) is 0 Å². The molecule has 0 bridgehead atoms. The molecule has 0 aliphatic heterocycles. The normalized spacial score (nSPS) is 12.9. The van der Waals surface area contributed by atoms with Crippen molar-refractivity contribution in [2.45, 2.75) is 12.6 Å². The highest BCUT2D eigenvalue weighted by Gasteiger charge is 2.34. The molecule has 8 heteroatoms. The smallest absolute Gasteiger partial charge is 0.262 e. The maximum absolute atomic E-state index is 14.3. The van der Waals surface area contributed by atoms with Gasteiger partial charge in [0.1, 0.15) is 0 Å². The van der Waals surface area contributed by atoms with E-state index in [1.54, 1.807) is 37.0 Å². The van der Waals surface area contributed by atoms with E-state index in [9.17, 15) is 9.59 Å². The van der Waals surface area contributed by atoms with Gasteiger partial charge in [0.25, 0.3) is 5.56 Å². The summed E-state index contributed by atoms with van der Waals surface area (Å²) >= 11 is 0. The molecule has 0 saturated heterocycles. The molecule has 0 fully saturated rings. The van der Waals surface area contributed by atoms with Crippen LogP contribution >= 0.6 is 0 Å². The summed E-state index contributed by atoms with van der Waals surface area (Å²) in [7, 11) is 10.1. The Labute approximate surface area is 220 Å². The maximum atomic E-state index is 14.3. The Morgan fingerprint density at radius 3 is 2.08 bits per heavy atom. The number of ether oxygens (including phenoxy) is 4. The van der Waals surface area contributed by atoms with Crippen LogP contribution in [0.2, 0.25) is 0 Å². The Morgan fingerprint density at radius 1 is 0.789 bits per heavy atom. The largest absolute Gasteiger partial charge is 0.493 e. The van der Waals surface area contributed by atoms with Crippen LogP contribution in [0.1, 0.15) is 27.5 Å². The van der Waals surface area contributed by atoms with Gasteiger partial charge in [-0.3, -0.25) is 9.59 Å². The second-order valence-corrected chi connectivity index (χ2v) is 9.33. The van der Waals surface area contributed by atoms with E-state index >= 15 is 0 Å². The number of fused-ring (bicyclic) bond motifs is 5. The van der Waals surface area contributed by atoms with Crippen molar-refractivity contribution < 1.29 is 23.7 Å². The lowest BCUT2D eigenvalue weighted by molar-refractivity contribution is 0.104. The third-order valence-electron chi connectivity index (χ3n) is 7.21. The molecule has 5 rings (SSSR count). The zero-order valence-corrected chi connectivity index (χ0v) is 22.3. The van der Waals surface area contributed by atoms with E-state index in [4.69, 9.17) is 18.9 Å². The molecule has 196 valence electrons. The fraction of sp³-hybridized carbons (Fsp3) is 0.267. The fourth-order valence-electron chi connectivity index (χ4n) is 5.35. The van der Waals surface area contributed by atoms with Gasteiger partial charge < -0.3 is 28.4 Å². The monoisotopic (exact) mass is 514 g/mol. The standard InChI is InChI=1S/C30H30N2O6/c1-31(2)21(17-11-13-22(35-3)24(15-17)37-5)16-32-27-18-9-7-8-10-19(18)28(33)25(27)20-12-14-23(36-4)29(38-6)26(20)30(32)34/h7-15,21H,16H2,1-6H3/t21-/m0/s1. The third kappa shape index (κ3) is 3.80. The van der Waals surface area contributed by atoms with Gasteiger partial charge in [-0.15, -0.1) is 0 Å². The molecule has 4 aromatic rings. The van der Waals surface area contributed by atoms with E-state index < -0.39 is 0 Å². The first-order chi connectivity index (χ1) is 18.4. The maximum Gasteiger partial charge on any atom is 0.262 e. The third-order valence-corrected chi connectivity index (χ3v) is 7.21. The molecule has 0 radical (unpaired) electrons. The lowest BCUT2D eigenvalue weighted by atomic mass is 10.00. The molecule has 38 heavy (non-hydrogen) atoms. The predicted molar refractivity (Wildman–Crippen MR) is 146 cm³/mol. The first kappa shape index (κ1) is 25.4. The predicted octanol–water partition coefficient (Wildman–Crippen LogP) is 4.55. The average Bonchev–Trinajstić information content (AvgIpc) is 3.24. The number of methoxy groups -OCH3 is 4. The van der Waals surface area contributed by atoms with Crippen LogP contribution < -0.4 is 24.5 Å². The second-order valence-electron chi connectivity index (χ2n) is 9.33. The molecule has 1 aromatic heterocycles. The van der Waals surface area contributed by atoms with Gasteiger partial charge in [-0.05, 0) is 43.9 Å². The minimum Gasteiger partial charge on any atom is -0.493 e. The number of rotatable bonds is 8. The van der Waals surface area contributed by atoms with Crippen molar-refractivity contribution in [3.05, 3.63) is 81.6 Å². The lowest BCUT2D eigenvalue weighted by Crippen LogP contribution is -2.31. The van der Waals surface area contributed by atoms with Crippen molar-refractivity contribution in [2.75, 3.05) is 42.5 Å². The van der Waals surface area contributed by atoms with Crippen molar-refractivity contribution in [3.63, 3.8) is 0 Å². The van der Waals surface area contributed by atoms with Crippen LogP contribution in [0.5, 0.6) is 23.0 Å². The van der Waals surface area contributed by atoms with Crippen LogP contribution in [-0.2, 0) is 6.54 Å². The van der Waals surface area contributed by atoms with E-state index in [1.807, 2.05) is 55.4 Å². The molecule has 0 spiro atoms. The van der Waals surface area contributed by atoms with Gasteiger partial charge in [-0.1, -0.05) is 30.3 Å². The average molecular weight is 515 g/mol. The van der Waals surface area contributed by atoms with E-state index in [-0.39, 0.29) is 23.9 Å². The van der Waals surface area contributed by atoms with E-state index in [0.29, 0.717) is 50.6 Å². The first-order valence-corrected chi connectivity index (χ1v) is 12.2. The van der Waals surface area contributed by atoms with Crippen LogP contribution in [0.25, 0.3) is 22.0 Å². The molecular weight excluding hydrogens is 484 g/mol. The number of pyridine rings is 1. The van der Waals surface area contributed by atoms with Gasteiger partial charge in [0.15, 0.2) is 28.8 Å². The molecule has 0 N–H and O–H groups in total. The van der Waals surface area contributed by atoms with Crippen molar-refractivity contribution in [2.24, 2.45) is 0 Å². The molecule has 1 atom stereocenters. The van der Waals surface area contributed by atoms with Crippen LogP contribution in [0.4, 0.5) is 0 Å². The summed E-state index contributed by atoms with van der Waals surface area (Å²) in [5.74, 6) is 1.83. The summed E-state index contributed by atoms with van der Waals surface area (Å²) in [6, 6.07) is 16.4. The van der Waals surface area contributed by atoms with Crippen molar-refractivity contribution in [3.8, 4) is 34.3 Å². The summed E-state index contributed by atoms with van der Waals surface area (Å²) in [5, 5.41) is 0.865. The zero-order chi connectivity index (χ0) is 27.1. The van der Waals surface area contributed by atoms with Crippen LogP contribution in [0, 0.1) is 0 Å². The highest BCUT2D eigenvalue weighted by atomic mass is 16.5. The van der Waals surface area contributed by atoms with Crippen LogP contribution in [0.15, 0.2) is 59.4 Å². The van der Waals surface area contributed by atoms with Gasteiger partial charge in [0.05, 0.1) is 51.1 Å². The molecule has 1 aliphatic rings. The molecular formula is C30H30N2O6. The van der Waals surface area contributed by atoms with Crippen molar-refractivity contribution >= 4 is 16.6 Å². The lowest BCUT2D eigenvalue weighted by Gasteiger charge is -2.28. The van der Waals surface area contributed by atoms with Gasteiger partial charge in [-0.25, -0.2) is 0 Å². The second kappa shape index (κ2) is 9.87. The number of carbonyl (C=O) groups excluding carboxylic acids is 1. The molecule has 1 heterocycles. The highest BCUT2D eigenvalue weighted by Crippen LogP contribution is 2.43. The summed E-state index contributed by atoms with van der Waals surface area (Å²) in [6.45, 7) is 0.279. The molecule has 0 saturated carbocycles. The summed E-state index contributed by atoms with van der Waals surface area (Å²) in [6.07, 6.45) is 0. The number of nitrogens with zero attached hydrogens (tertiary/aromatic N) is 2. The van der Waals surface area contributed by atoms with Gasteiger partial charge in [0.2, 0.25) is 0 Å². The Morgan fingerprint density at radius 2 is 1.45 bits per heavy atom. The highest BCUT2D eigenvalue weighted by molar-refractivity contribution is 6.27. The Kier molecular flexibility index (Phi) is 6.59. The van der Waals surface area contributed by atoms with E-state index in [1.165, 1.54) is 14.2 Å². The van der Waals surface area contributed by atoms with Crippen molar-refractivity contribution in [1.82, 2.24) is 9.47 Å². The SMILES string of the molecule is COc1ccc([C@H](Cn2c3c(c4ccc(OC)c(OC)c4c2=O)C(=O)c2ccccc2-3)N(C)C)cc1OC. The Hall–Kier alpha value is -4.30. The quantitative estimate of drug-likeness (QED) is 0.301. The first-order valence-electron chi connectivity index (χ1n) is 12.2. The summed E-state index contributed by atoms with van der Waals surface area (Å²) in [5.41, 5.74) is 3.10. The van der Waals surface area contributed by atoms with Gasteiger partial charge in [0, 0.05) is 23.1 Å². The minimum atomic E-state index is -0.258. The minimum absolute atomic E-state index is 0.117. The number of ketones is 1. The number of carbonyl (C=O) groups is 1. The zero-order valence-electron chi connectivity index (χ0n) is 22.3. The van der Waals surface area contributed by atoms with E-state index in [0.717, 1.165) is 11.1 Å². The summed E-state index contributed by atoms with van der Waals surface area (Å²) < 4.78 is 23.8. The Balaban J connectivity index is 1.82. The topological polar surface area (TPSA) is 79.2 Å². The van der Waals surface area contributed by atoms with E-state index in [2.05, 4.69) is 0 Å². The fourth-order valence-corrected chi connectivity index (χ4v) is 5.35. The number of likely N-dealkylation sites (N-methyl/N-ethyl adjacent to an activating group) is 1. The summed E-state index contributed by atoms with van der Waals surface area (Å²) in [4.78, 5) is 30.1. The molecule has 0 unspecified atom stereocenters. The van der Waals surface area contributed by atoms with Crippen LogP contribution in [0.3, 0.4) is 0 Å². The molecule has 8 nitrogen and oxygen atoms in total. The molecule has 0 amide bonds. The van der Waals surface area contributed by atoms with Crippen molar-refractivity contribution in [1.29, 1.82) is 0 Å².